The van der Waals surface area contributed by atoms with Gasteiger partial charge in [-0.3, -0.25) is 0 Å². The minimum atomic E-state index is 0.167. The van der Waals surface area contributed by atoms with E-state index < -0.39 is 0 Å². The number of ether oxygens (including phenoxy) is 1. The summed E-state index contributed by atoms with van der Waals surface area (Å²) in [7, 11) is 0. The third-order valence-corrected chi connectivity index (χ3v) is 0.637. The molecule has 1 heterocycles. The fourth-order valence-corrected chi connectivity index (χ4v) is 0.363. The molecule has 0 fully saturated rings. The van der Waals surface area contributed by atoms with E-state index in [-0.39, 0.29) is 5.95 Å². The molecule has 1 aromatic heterocycles. The monoisotopic (exact) mass is 111 g/mol. The molecule has 1 aromatic rings. The molecule has 0 atom stereocenters. The van der Waals surface area contributed by atoms with Gasteiger partial charge in [-0.15, -0.1) is 0 Å². The second kappa shape index (κ2) is 2.16. The number of rotatable bonds is 2. The van der Waals surface area contributed by atoms with E-state index in [4.69, 9.17) is 0 Å². The lowest BCUT2D eigenvalue weighted by molar-refractivity contribution is 0.354. The van der Waals surface area contributed by atoms with Gasteiger partial charge in [0.15, 0.2) is 0 Å². The summed E-state index contributed by atoms with van der Waals surface area (Å²) in [5.41, 5.74) is 0. The smallest absolute Gasteiger partial charge is 0.425 e. The topological polar surface area (TPSA) is 39.4 Å². The van der Waals surface area contributed by atoms with E-state index in [1.165, 1.54) is 18.8 Å². The number of carbonyl (C=O) groups excluding carboxylic acids is 1. The van der Waals surface area contributed by atoms with Crippen LogP contribution in [-0.4, -0.2) is 6.47 Å². The van der Waals surface area contributed by atoms with E-state index in [1.807, 2.05) is 0 Å². The molecule has 0 saturated carbocycles. The van der Waals surface area contributed by atoms with Crippen molar-refractivity contribution in [2.45, 2.75) is 0 Å². The molecule has 1 rings (SSSR count). The van der Waals surface area contributed by atoms with Crippen molar-refractivity contribution in [2.75, 3.05) is 0 Å². The van der Waals surface area contributed by atoms with Crippen molar-refractivity contribution in [3.63, 3.8) is 0 Å². The Morgan fingerprint density at radius 1 is 1.75 bits per heavy atom. The molecule has 0 aliphatic heterocycles. The fourth-order valence-electron chi connectivity index (χ4n) is 0.363. The second-order valence-corrected chi connectivity index (χ2v) is 1.12. The van der Waals surface area contributed by atoms with Gasteiger partial charge in [0, 0.05) is 6.07 Å². The summed E-state index contributed by atoms with van der Waals surface area (Å²) >= 11 is 0. The van der Waals surface area contributed by atoms with E-state index in [1.54, 1.807) is 6.07 Å². The lowest BCUT2D eigenvalue weighted by Crippen LogP contribution is -1.83. The normalized spacial score (nSPS) is 8.50. The summed E-state index contributed by atoms with van der Waals surface area (Å²) in [6.07, 6.45) is 1.41. The molecule has 0 N–H and O–H groups in total. The van der Waals surface area contributed by atoms with Crippen LogP contribution < -0.4 is 4.74 Å². The number of hydrogen-bond acceptors (Lipinski definition) is 3. The fraction of sp³-hybridized carbons (Fsp3) is 0. The van der Waals surface area contributed by atoms with E-state index in [0.717, 1.165) is 0 Å². The first-order chi connectivity index (χ1) is 3.93. The van der Waals surface area contributed by atoms with Crippen molar-refractivity contribution in [3.05, 3.63) is 18.4 Å². The van der Waals surface area contributed by atoms with Crippen molar-refractivity contribution in [1.82, 2.24) is 0 Å². The van der Waals surface area contributed by atoms with Gasteiger partial charge in [-0.05, 0) is 6.07 Å². The molecule has 0 unspecified atom stereocenters. The Bertz CT molecular complexity index is 154. The molecule has 0 saturated heterocycles. The molecule has 1 radical (unpaired) electrons. The minimum Gasteiger partial charge on any atom is -0.434 e. The van der Waals surface area contributed by atoms with Crippen LogP contribution in [0.15, 0.2) is 22.8 Å². The molecule has 3 nitrogen and oxygen atoms in total. The summed E-state index contributed by atoms with van der Waals surface area (Å²) in [6.45, 7) is 1.23. The SMILES string of the molecule is O=[C]Oc1ccco1. The quantitative estimate of drug-likeness (QED) is 0.564. The maximum absolute atomic E-state index is 9.46. The molecule has 0 spiro atoms. The average Bonchev–Trinajstić information content (AvgIpc) is 2.19. The van der Waals surface area contributed by atoms with Crippen LogP contribution in [0.3, 0.4) is 0 Å². The molecule has 0 aromatic carbocycles. The highest BCUT2D eigenvalue weighted by atomic mass is 16.6. The number of furan rings is 1. The van der Waals surface area contributed by atoms with Crippen LogP contribution in [0.1, 0.15) is 0 Å². The molecule has 8 heavy (non-hydrogen) atoms. The largest absolute Gasteiger partial charge is 0.434 e. The van der Waals surface area contributed by atoms with Gasteiger partial charge in [0.1, 0.15) is 0 Å². The highest BCUT2D eigenvalue weighted by Crippen LogP contribution is 2.07. The van der Waals surface area contributed by atoms with Crippen molar-refractivity contribution in [2.24, 2.45) is 0 Å². The first-order valence-corrected chi connectivity index (χ1v) is 2.01. The predicted octanol–water partition coefficient (Wildman–Crippen LogP) is 0.726. The van der Waals surface area contributed by atoms with Crippen LogP contribution in [0.25, 0.3) is 0 Å². The minimum absolute atomic E-state index is 0.167. The van der Waals surface area contributed by atoms with E-state index >= 15 is 0 Å². The Morgan fingerprint density at radius 2 is 2.62 bits per heavy atom. The van der Waals surface area contributed by atoms with Gasteiger partial charge in [0.2, 0.25) is 0 Å². The summed E-state index contributed by atoms with van der Waals surface area (Å²) in [6, 6.07) is 3.14. The highest BCUT2D eigenvalue weighted by Gasteiger charge is 1.90. The van der Waals surface area contributed by atoms with Crippen molar-refractivity contribution < 1.29 is 13.9 Å². The Hall–Kier alpha value is -1.25. The first kappa shape index (κ1) is 4.90. The van der Waals surface area contributed by atoms with Crippen LogP contribution in [-0.2, 0) is 4.79 Å². The van der Waals surface area contributed by atoms with Gasteiger partial charge in [0.05, 0.1) is 6.26 Å². The first-order valence-electron chi connectivity index (χ1n) is 2.01. The molecule has 0 bridgehead atoms. The highest BCUT2D eigenvalue weighted by molar-refractivity contribution is 5.43. The molecule has 41 valence electrons. The van der Waals surface area contributed by atoms with Gasteiger partial charge in [0.25, 0.3) is 5.95 Å². The van der Waals surface area contributed by atoms with Gasteiger partial charge in [-0.2, -0.15) is 0 Å². The van der Waals surface area contributed by atoms with Gasteiger partial charge >= 0.3 is 6.47 Å². The lowest BCUT2D eigenvalue weighted by atomic mass is 10.7. The van der Waals surface area contributed by atoms with Crippen LogP contribution in [0.4, 0.5) is 0 Å². The molecule has 0 aliphatic carbocycles. The zero-order valence-corrected chi connectivity index (χ0v) is 3.96. The van der Waals surface area contributed by atoms with E-state index in [0.29, 0.717) is 0 Å². The zero-order chi connectivity index (χ0) is 5.82. The Balaban J connectivity index is 2.62. The van der Waals surface area contributed by atoms with Crippen molar-refractivity contribution in [3.8, 4) is 5.95 Å². The van der Waals surface area contributed by atoms with Gasteiger partial charge in [-0.1, -0.05) is 0 Å². The molecule has 3 heteroatoms. The molecule has 0 aliphatic rings. The zero-order valence-electron chi connectivity index (χ0n) is 3.96. The Kier molecular flexibility index (Phi) is 1.32. The maximum atomic E-state index is 9.46. The third-order valence-electron chi connectivity index (χ3n) is 0.637. The van der Waals surface area contributed by atoms with Crippen LogP contribution >= 0.6 is 0 Å². The summed E-state index contributed by atoms with van der Waals surface area (Å²) in [5, 5.41) is 0. The predicted molar refractivity (Wildman–Crippen MR) is 25.0 cm³/mol. The average molecular weight is 111 g/mol. The van der Waals surface area contributed by atoms with Crippen LogP contribution in [0.5, 0.6) is 5.95 Å². The van der Waals surface area contributed by atoms with Crippen molar-refractivity contribution in [1.29, 1.82) is 0 Å². The summed E-state index contributed by atoms with van der Waals surface area (Å²) in [5.74, 6) is 0.167. The lowest BCUT2D eigenvalue weighted by Gasteiger charge is -1.82. The molecular formula is C5H3O3. The molecule has 0 amide bonds. The number of hydrogen-bond donors (Lipinski definition) is 0. The Morgan fingerprint density at radius 3 is 3.12 bits per heavy atom. The summed E-state index contributed by atoms with van der Waals surface area (Å²) in [4.78, 5) is 9.46. The van der Waals surface area contributed by atoms with E-state index in [9.17, 15) is 4.79 Å². The maximum Gasteiger partial charge on any atom is 0.425 e. The van der Waals surface area contributed by atoms with Crippen LogP contribution in [0.2, 0.25) is 0 Å². The molecular weight excluding hydrogens is 108 g/mol. The second-order valence-electron chi connectivity index (χ2n) is 1.12. The van der Waals surface area contributed by atoms with E-state index in [2.05, 4.69) is 9.15 Å². The van der Waals surface area contributed by atoms with Gasteiger partial charge < -0.3 is 9.15 Å². The Labute approximate surface area is 45.9 Å². The van der Waals surface area contributed by atoms with Gasteiger partial charge in [-0.25, -0.2) is 4.79 Å². The standard InChI is InChI=1S/C5H3O3/c6-4-8-5-2-1-3-7-5/h1-3H. The third kappa shape index (κ3) is 0.872. The van der Waals surface area contributed by atoms with Crippen LogP contribution in [0, 0.1) is 0 Å². The van der Waals surface area contributed by atoms with Crippen molar-refractivity contribution >= 4 is 6.47 Å². The summed E-state index contributed by atoms with van der Waals surface area (Å²) < 4.78 is 8.76.